The molecule has 0 amide bonds. The molecule has 60 valence electrons. The van der Waals surface area contributed by atoms with Crippen LogP contribution < -0.4 is 5.32 Å². The molecule has 1 rings (SSSR count). The summed E-state index contributed by atoms with van der Waals surface area (Å²) in [7, 11) is 2.07. The van der Waals surface area contributed by atoms with Crippen LogP contribution in [0.2, 0.25) is 0 Å². The fourth-order valence-corrected chi connectivity index (χ4v) is 2.61. The third-order valence-electron chi connectivity index (χ3n) is 3.29. The molecule has 1 nitrogen and oxygen atoms in total. The molecule has 1 aliphatic rings. The van der Waals surface area contributed by atoms with Crippen LogP contribution >= 0.6 is 0 Å². The summed E-state index contributed by atoms with van der Waals surface area (Å²) in [5.41, 5.74) is 0. The molecule has 1 N–H and O–H groups in total. The summed E-state index contributed by atoms with van der Waals surface area (Å²) >= 11 is 0. The normalized spacial score (nSPS) is 46.8. The van der Waals surface area contributed by atoms with Crippen LogP contribution in [0.4, 0.5) is 0 Å². The van der Waals surface area contributed by atoms with Crippen LogP contribution in [-0.2, 0) is 0 Å². The molecule has 0 radical (unpaired) electrons. The van der Waals surface area contributed by atoms with Gasteiger partial charge in [-0.1, -0.05) is 27.2 Å². The second-order valence-electron chi connectivity index (χ2n) is 3.60. The Bertz CT molecular complexity index is 89.3. The lowest BCUT2D eigenvalue weighted by Gasteiger charge is -2.49. The van der Waals surface area contributed by atoms with Crippen molar-refractivity contribution in [1.29, 1.82) is 0 Å². The number of rotatable bonds is 2. The molecule has 2 atom stereocenters. The lowest BCUT2D eigenvalue weighted by Crippen LogP contribution is -2.54. The number of nitrogens with one attached hydrogen (secondary N) is 1. The van der Waals surface area contributed by atoms with Gasteiger partial charge < -0.3 is 5.32 Å². The molecule has 0 bridgehead atoms. The molecule has 0 aromatic rings. The Hall–Kier alpha value is -0.0400. The molecular weight excluding hydrogens is 122 g/mol. The van der Waals surface area contributed by atoms with E-state index in [1.807, 2.05) is 0 Å². The van der Waals surface area contributed by atoms with Crippen LogP contribution in [0.3, 0.4) is 0 Å². The molecule has 1 heteroatoms. The van der Waals surface area contributed by atoms with Gasteiger partial charge in [0.2, 0.25) is 0 Å². The molecule has 1 fully saturated rings. The van der Waals surface area contributed by atoms with E-state index < -0.39 is 0 Å². The van der Waals surface area contributed by atoms with Crippen molar-refractivity contribution in [3.05, 3.63) is 0 Å². The third kappa shape index (κ3) is 0.968. The molecule has 0 aromatic heterocycles. The van der Waals surface area contributed by atoms with Crippen molar-refractivity contribution in [2.75, 3.05) is 7.05 Å². The van der Waals surface area contributed by atoms with Crippen molar-refractivity contribution in [2.45, 2.75) is 33.2 Å². The maximum absolute atomic E-state index is 3.37. The predicted octanol–water partition coefficient (Wildman–Crippen LogP) is 1.89. The minimum absolute atomic E-state index is 0.782. The van der Waals surface area contributed by atoms with Crippen molar-refractivity contribution in [3.8, 4) is 0 Å². The van der Waals surface area contributed by atoms with E-state index in [4.69, 9.17) is 0 Å². The summed E-state index contributed by atoms with van der Waals surface area (Å²) in [6.45, 7) is 7.01. The summed E-state index contributed by atoms with van der Waals surface area (Å²) in [6.07, 6.45) is 1.35. The summed E-state index contributed by atoms with van der Waals surface area (Å²) in [6, 6.07) is 0.782. The molecule has 0 aromatic carbocycles. The summed E-state index contributed by atoms with van der Waals surface area (Å²) in [5.74, 6) is 2.76. The zero-order chi connectivity index (χ0) is 7.72. The van der Waals surface area contributed by atoms with E-state index in [1.165, 1.54) is 6.42 Å². The monoisotopic (exact) mass is 141 g/mol. The van der Waals surface area contributed by atoms with E-state index >= 15 is 0 Å². The standard InChI is InChI=1S/C9H19N/c1-5-8-6(2)9(10-4)7(8)3/h6-10H,5H2,1-4H3. The largest absolute Gasteiger partial charge is 0.316 e. The lowest BCUT2D eigenvalue weighted by atomic mass is 9.61. The molecule has 1 saturated carbocycles. The Balaban J connectivity index is 2.42. The highest BCUT2D eigenvalue weighted by Gasteiger charge is 2.42. The quantitative estimate of drug-likeness (QED) is 0.619. The van der Waals surface area contributed by atoms with Crippen LogP contribution in [-0.4, -0.2) is 13.1 Å². The van der Waals surface area contributed by atoms with Crippen LogP contribution in [0.1, 0.15) is 27.2 Å². The minimum Gasteiger partial charge on any atom is -0.316 e. The van der Waals surface area contributed by atoms with Gasteiger partial charge in [0.05, 0.1) is 0 Å². The molecule has 1 aliphatic carbocycles. The lowest BCUT2D eigenvalue weighted by molar-refractivity contribution is 0.0401. The Morgan fingerprint density at radius 1 is 1.20 bits per heavy atom. The van der Waals surface area contributed by atoms with Crippen molar-refractivity contribution < 1.29 is 0 Å². The van der Waals surface area contributed by atoms with E-state index in [-0.39, 0.29) is 0 Å². The van der Waals surface area contributed by atoms with E-state index in [2.05, 4.69) is 33.1 Å². The van der Waals surface area contributed by atoms with Crippen LogP contribution in [0.5, 0.6) is 0 Å². The maximum atomic E-state index is 3.37. The first-order chi connectivity index (χ1) is 4.72. The van der Waals surface area contributed by atoms with Crippen molar-refractivity contribution >= 4 is 0 Å². The Morgan fingerprint density at radius 2 is 1.70 bits per heavy atom. The highest BCUT2D eigenvalue weighted by atomic mass is 14.9. The van der Waals surface area contributed by atoms with Crippen LogP contribution in [0, 0.1) is 17.8 Å². The first kappa shape index (κ1) is 8.06. The van der Waals surface area contributed by atoms with Gasteiger partial charge in [-0.2, -0.15) is 0 Å². The van der Waals surface area contributed by atoms with E-state index in [1.54, 1.807) is 0 Å². The third-order valence-corrected chi connectivity index (χ3v) is 3.29. The molecule has 0 heterocycles. The van der Waals surface area contributed by atoms with E-state index in [0.29, 0.717) is 0 Å². The van der Waals surface area contributed by atoms with Gasteiger partial charge in [-0.05, 0) is 24.8 Å². The maximum Gasteiger partial charge on any atom is 0.0121 e. The van der Waals surface area contributed by atoms with Gasteiger partial charge in [0.1, 0.15) is 0 Å². The average molecular weight is 141 g/mol. The van der Waals surface area contributed by atoms with Crippen molar-refractivity contribution in [1.82, 2.24) is 5.32 Å². The second-order valence-corrected chi connectivity index (χ2v) is 3.60. The van der Waals surface area contributed by atoms with Gasteiger partial charge in [0, 0.05) is 6.04 Å². The Kier molecular flexibility index (Phi) is 2.35. The van der Waals surface area contributed by atoms with Gasteiger partial charge in [0.25, 0.3) is 0 Å². The van der Waals surface area contributed by atoms with E-state index in [9.17, 15) is 0 Å². The highest BCUT2D eigenvalue weighted by molar-refractivity contribution is 4.95. The molecule has 10 heavy (non-hydrogen) atoms. The zero-order valence-corrected chi connectivity index (χ0v) is 7.52. The number of hydrogen-bond donors (Lipinski definition) is 1. The highest BCUT2D eigenvalue weighted by Crippen LogP contribution is 2.41. The van der Waals surface area contributed by atoms with Crippen molar-refractivity contribution in [2.24, 2.45) is 17.8 Å². The summed E-state index contributed by atoms with van der Waals surface area (Å²) in [4.78, 5) is 0. The van der Waals surface area contributed by atoms with Crippen LogP contribution in [0.25, 0.3) is 0 Å². The smallest absolute Gasteiger partial charge is 0.0121 e. The molecular formula is C9H19N. The fourth-order valence-electron chi connectivity index (χ4n) is 2.61. The van der Waals surface area contributed by atoms with Gasteiger partial charge in [-0.3, -0.25) is 0 Å². The zero-order valence-electron chi connectivity index (χ0n) is 7.52. The van der Waals surface area contributed by atoms with Crippen molar-refractivity contribution in [3.63, 3.8) is 0 Å². The van der Waals surface area contributed by atoms with E-state index in [0.717, 1.165) is 23.8 Å². The summed E-state index contributed by atoms with van der Waals surface area (Å²) < 4.78 is 0. The van der Waals surface area contributed by atoms with Gasteiger partial charge >= 0.3 is 0 Å². The molecule has 0 saturated heterocycles. The SMILES string of the molecule is CCC1C(C)C(NC)C1C. The first-order valence-corrected chi connectivity index (χ1v) is 4.39. The summed E-state index contributed by atoms with van der Waals surface area (Å²) in [5, 5.41) is 3.37. The molecule has 0 spiro atoms. The van der Waals surface area contributed by atoms with Gasteiger partial charge in [-0.25, -0.2) is 0 Å². The predicted molar refractivity (Wildman–Crippen MR) is 45.0 cm³/mol. The fraction of sp³-hybridized carbons (Fsp3) is 1.00. The van der Waals surface area contributed by atoms with Crippen LogP contribution in [0.15, 0.2) is 0 Å². The molecule has 2 unspecified atom stereocenters. The molecule has 0 aliphatic heterocycles. The Labute approximate surface area is 64.2 Å². The topological polar surface area (TPSA) is 12.0 Å². The minimum atomic E-state index is 0.782. The number of hydrogen-bond acceptors (Lipinski definition) is 1. The first-order valence-electron chi connectivity index (χ1n) is 4.39. The second kappa shape index (κ2) is 2.91. The van der Waals surface area contributed by atoms with Gasteiger partial charge in [-0.15, -0.1) is 0 Å². The average Bonchev–Trinajstić information content (AvgIpc) is 1.90. The Morgan fingerprint density at radius 3 is 2.00 bits per heavy atom. The van der Waals surface area contributed by atoms with Gasteiger partial charge in [0.15, 0.2) is 0 Å².